The summed E-state index contributed by atoms with van der Waals surface area (Å²) in [6, 6.07) is 12.3. The van der Waals surface area contributed by atoms with Crippen LogP contribution in [-0.4, -0.2) is 64.1 Å². The number of urea groups is 1. The molecule has 9 nitrogen and oxygen atoms in total. The van der Waals surface area contributed by atoms with Gasteiger partial charge in [-0.1, -0.05) is 48.7 Å². The van der Waals surface area contributed by atoms with E-state index < -0.39 is 17.2 Å². The summed E-state index contributed by atoms with van der Waals surface area (Å²) >= 11 is 6.43. The molecule has 2 heterocycles. The van der Waals surface area contributed by atoms with Gasteiger partial charge in [-0.15, -0.1) is 0 Å². The van der Waals surface area contributed by atoms with Gasteiger partial charge in [-0.25, -0.2) is 4.79 Å². The van der Waals surface area contributed by atoms with Crippen LogP contribution < -0.4 is 10.6 Å². The summed E-state index contributed by atoms with van der Waals surface area (Å²) in [5.41, 5.74) is 1.67. The average molecular weight is 548 g/mol. The van der Waals surface area contributed by atoms with E-state index in [0.29, 0.717) is 47.7 Å². The number of carbonyl (C=O) groups is 4. The minimum Gasteiger partial charge on any atom is -0.325 e. The molecule has 2 fully saturated rings. The third-order valence-electron chi connectivity index (χ3n) is 8.65. The van der Waals surface area contributed by atoms with Crippen molar-refractivity contribution in [1.82, 2.24) is 15.1 Å². The van der Waals surface area contributed by atoms with E-state index in [1.807, 2.05) is 24.3 Å². The summed E-state index contributed by atoms with van der Waals surface area (Å²) in [5.74, 6) is -0.899. The van der Waals surface area contributed by atoms with Crippen molar-refractivity contribution in [3.05, 3.63) is 64.2 Å². The Morgan fingerprint density at radius 1 is 1.03 bits per heavy atom. The van der Waals surface area contributed by atoms with Gasteiger partial charge in [-0.05, 0) is 55.0 Å². The molecule has 6 rings (SSSR count). The molecule has 0 radical (unpaired) electrons. The van der Waals surface area contributed by atoms with Crippen molar-refractivity contribution in [1.29, 1.82) is 0 Å². The minimum atomic E-state index is -0.928. The molecular weight excluding hydrogens is 518 g/mol. The summed E-state index contributed by atoms with van der Waals surface area (Å²) in [4.78, 5) is 59.8. The number of hydrogen-bond acceptors (Lipinski definition) is 5. The second-order valence-corrected chi connectivity index (χ2v) is 11.4. The highest BCUT2D eigenvalue weighted by Gasteiger charge is 2.54. The molecule has 1 atom stereocenters. The number of nitrogens with one attached hydrogen (secondary N) is 2. The van der Waals surface area contributed by atoms with E-state index in [9.17, 15) is 19.2 Å². The van der Waals surface area contributed by atoms with E-state index in [1.54, 1.807) is 30.1 Å². The van der Waals surface area contributed by atoms with Crippen molar-refractivity contribution in [2.75, 3.05) is 18.9 Å². The van der Waals surface area contributed by atoms with Crippen molar-refractivity contribution < 1.29 is 19.2 Å². The lowest BCUT2D eigenvalue weighted by molar-refractivity contribution is -0.133. The fourth-order valence-corrected chi connectivity index (χ4v) is 6.70. The number of aliphatic imine (C=N–C) groups is 1. The lowest BCUT2D eigenvalue weighted by Gasteiger charge is -2.35. The Hall–Kier alpha value is -3.72. The molecule has 5 amide bonds. The highest BCUT2D eigenvalue weighted by molar-refractivity contribution is 6.50. The number of nitrogens with zero attached hydrogens (tertiary/aromatic N) is 3. The Bertz CT molecular complexity index is 1430. The lowest BCUT2D eigenvalue weighted by atomic mass is 9.95. The third kappa shape index (κ3) is 4.19. The van der Waals surface area contributed by atoms with Crippen molar-refractivity contribution in [2.45, 2.75) is 62.6 Å². The van der Waals surface area contributed by atoms with Gasteiger partial charge in [0.25, 0.3) is 11.8 Å². The number of amides is 5. The van der Waals surface area contributed by atoms with Crippen LogP contribution in [0.25, 0.3) is 0 Å². The van der Waals surface area contributed by atoms with Crippen LogP contribution in [0.5, 0.6) is 0 Å². The quantitative estimate of drug-likeness (QED) is 0.569. The van der Waals surface area contributed by atoms with Gasteiger partial charge < -0.3 is 15.1 Å². The first kappa shape index (κ1) is 25.6. The highest BCUT2D eigenvalue weighted by Crippen LogP contribution is 2.40. The van der Waals surface area contributed by atoms with Crippen LogP contribution in [-0.2, 0) is 27.2 Å². The lowest BCUT2D eigenvalue weighted by Crippen LogP contribution is -2.50. The standard InChI is InChI=1S/C29H30ClN5O4/c1-34-27(39)32-26(38)28(34)15-18-10-11-20(14-19(18)16-28)31-23(36)17-35-25(37)24(21-8-4-5-9-22(21)30)33-29(35)12-6-2-3-7-13-29/h4-5,8-11,14H,2-3,6-7,12-13,15-17H2,1H3,(H,31,36)(H,32,38,39)/t28-/m0/s1. The summed E-state index contributed by atoms with van der Waals surface area (Å²) in [7, 11) is 1.63. The molecule has 2 aliphatic heterocycles. The van der Waals surface area contributed by atoms with Gasteiger partial charge in [0.2, 0.25) is 5.91 Å². The average Bonchev–Trinajstić information content (AvgIpc) is 3.39. The Balaban J connectivity index is 1.22. The number of hydrogen-bond donors (Lipinski definition) is 2. The number of anilines is 1. The largest absolute Gasteiger partial charge is 0.325 e. The van der Waals surface area contributed by atoms with Crippen LogP contribution in [0.2, 0.25) is 5.02 Å². The molecule has 2 aromatic carbocycles. The SMILES string of the molecule is CN1C(=O)NC(=O)[C@@]12Cc1ccc(NC(=O)CN3C(=O)C(c4ccccc4Cl)=NC34CCCCCC4)cc1C2. The number of rotatable bonds is 4. The molecular formula is C29H30ClN5O4. The fourth-order valence-electron chi connectivity index (χ4n) is 6.48. The zero-order valence-corrected chi connectivity index (χ0v) is 22.5. The fraction of sp³-hybridized carbons (Fsp3) is 0.414. The molecule has 10 heteroatoms. The van der Waals surface area contributed by atoms with E-state index >= 15 is 0 Å². The second kappa shape index (κ2) is 9.48. The number of fused-ring (bicyclic) bond motifs is 1. The van der Waals surface area contributed by atoms with Crippen LogP contribution in [0.4, 0.5) is 10.5 Å². The van der Waals surface area contributed by atoms with Crippen molar-refractivity contribution >= 4 is 46.8 Å². The predicted molar refractivity (Wildman–Crippen MR) is 147 cm³/mol. The van der Waals surface area contributed by atoms with Crippen LogP contribution in [0, 0.1) is 0 Å². The molecule has 0 unspecified atom stereocenters. The molecule has 202 valence electrons. The zero-order valence-electron chi connectivity index (χ0n) is 21.8. The summed E-state index contributed by atoms with van der Waals surface area (Å²) in [6.45, 7) is -0.128. The monoisotopic (exact) mass is 547 g/mol. The van der Waals surface area contributed by atoms with E-state index in [4.69, 9.17) is 16.6 Å². The first-order valence-corrected chi connectivity index (χ1v) is 13.8. The van der Waals surface area contributed by atoms with E-state index in [0.717, 1.165) is 36.8 Å². The topological polar surface area (TPSA) is 111 Å². The highest BCUT2D eigenvalue weighted by atomic mass is 35.5. The number of carbonyl (C=O) groups excluding carboxylic acids is 4. The first-order valence-electron chi connectivity index (χ1n) is 13.4. The van der Waals surface area contributed by atoms with Crippen LogP contribution in [0.3, 0.4) is 0 Å². The van der Waals surface area contributed by atoms with Crippen molar-refractivity contribution in [2.24, 2.45) is 4.99 Å². The molecule has 39 heavy (non-hydrogen) atoms. The van der Waals surface area contributed by atoms with Crippen LogP contribution in [0.15, 0.2) is 47.5 Å². The molecule has 2 aliphatic carbocycles. The number of imide groups is 1. The Labute approximate surface area is 231 Å². The summed E-state index contributed by atoms with van der Waals surface area (Å²) in [6.07, 6.45) is 6.22. The number of halogens is 1. The normalized spacial score (nSPS) is 23.7. The van der Waals surface area contributed by atoms with Crippen molar-refractivity contribution in [3.8, 4) is 0 Å². The van der Waals surface area contributed by atoms with Gasteiger partial charge >= 0.3 is 6.03 Å². The first-order chi connectivity index (χ1) is 18.7. The van der Waals surface area contributed by atoms with Gasteiger partial charge in [0.15, 0.2) is 0 Å². The van der Waals surface area contributed by atoms with Gasteiger partial charge in [0.1, 0.15) is 23.5 Å². The molecule has 2 spiro atoms. The van der Waals surface area contributed by atoms with Crippen LogP contribution in [0.1, 0.15) is 55.2 Å². The minimum absolute atomic E-state index is 0.128. The molecule has 2 aromatic rings. The molecule has 0 bridgehead atoms. The van der Waals surface area contributed by atoms with Gasteiger partial charge in [-0.3, -0.25) is 24.7 Å². The molecule has 1 saturated heterocycles. The number of benzene rings is 2. The molecule has 1 saturated carbocycles. The van der Waals surface area contributed by atoms with Crippen LogP contribution >= 0.6 is 11.6 Å². The van der Waals surface area contributed by atoms with E-state index in [1.165, 1.54) is 4.90 Å². The van der Waals surface area contributed by atoms with Gasteiger partial charge in [0, 0.05) is 31.1 Å². The smallest absolute Gasteiger partial charge is 0.324 e. The predicted octanol–water partition coefficient (Wildman–Crippen LogP) is 3.68. The maximum atomic E-state index is 13.7. The van der Waals surface area contributed by atoms with E-state index in [2.05, 4.69) is 10.6 Å². The molecule has 2 N–H and O–H groups in total. The van der Waals surface area contributed by atoms with Crippen molar-refractivity contribution in [3.63, 3.8) is 0 Å². The number of likely N-dealkylation sites (N-methyl/N-ethyl adjacent to an activating group) is 1. The third-order valence-corrected chi connectivity index (χ3v) is 8.98. The van der Waals surface area contributed by atoms with E-state index in [-0.39, 0.29) is 24.3 Å². The maximum absolute atomic E-state index is 13.7. The Morgan fingerprint density at radius 2 is 1.74 bits per heavy atom. The summed E-state index contributed by atoms with van der Waals surface area (Å²) < 4.78 is 0. The Morgan fingerprint density at radius 3 is 2.44 bits per heavy atom. The second-order valence-electron chi connectivity index (χ2n) is 11.0. The molecule has 4 aliphatic rings. The Kier molecular flexibility index (Phi) is 6.21. The maximum Gasteiger partial charge on any atom is 0.324 e. The van der Waals surface area contributed by atoms with Gasteiger partial charge in [-0.2, -0.15) is 0 Å². The zero-order chi connectivity index (χ0) is 27.4. The van der Waals surface area contributed by atoms with Gasteiger partial charge in [0.05, 0.1) is 5.02 Å². The summed E-state index contributed by atoms with van der Waals surface area (Å²) in [5, 5.41) is 5.80. The molecule has 0 aromatic heterocycles.